The van der Waals surface area contributed by atoms with Crippen molar-refractivity contribution in [1.82, 2.24) is 0 Å². The Morgan fingerprint density at radius 1 is 1.04 bits per heavy atom. The summed E-state index contributed by atoms with van der Waals surface area (Å²) in [5.74, 6) is 0. The lowest BCUT2D eigenvalue weighted by Gasteiger charge is -2.32. The lowest BCUT2D eigenvalue weighted by atomic mass is 9.72. The van der Waals surface area contributed by atoms with E-state index in [1.54, 1.807) is 0 Å². The van der Waals surface area contributed by atoms with Crippen LogP contribution in [0.3, 0.4) is 0 Å². The van der Waals surface area contributed by atoms with Crippen LogP contribution >= 0.6 is 0 Å². The van der Waals surface area contributed by atoms with Gasteiger partial charge >= 0.3 is 0 Å². The third-order valence-corrected chi connectivity index (χ3v) is 5.16. The summed E-state index contributed by atoms with van der Waals surface area (Å²) in [6, 6.07) is 0. The number of hydrogen-bond acceptors (Lipinski definition) is 1. The van der Waals surface area contributed by atoms with E-state index in [1.807, 2.05) is 0 Å². The molecule has 0 radical (unpaired) electrons. The molecule has 1 nitrogen and oxygen atoms in total. The standard InChI is InChI=1S/C22H30O/c1-17(8-5-10-19-11-6-12-20(19)16-23)13-14-21-18(2)9-7-15-22(21,3)4/h5,8,10,13-14,16H,6-7,9,11-12,15H2,1-4H3/b10-5+,14-13+,17-8+. The highest BCUT2D eigenvalue weighted by molar-refractivity contribution is 5.76. The summed E-state index contributed by atoms with van der Waals surface area (Å²) >= 11 is 0. The third kappa shape index (κ3) is 4.67. The molecule has 23 heavy (non-hydrogen) atoms. The predicted octanol–water partition coefficient (Wildman–Crippen LogP) is 6.25. The van der Waals surface area contributed by atoms with Gasteiger partial charge in [0.25, 0.3) is 0 Å². The van der Waals surface area contributed by atoms with Crippen molar-refractivity contribution in [3.8, 4) is 0 Å². The molecular weight excluding hydrogens is 280 g/mol. The Bertz CT molecular complexity index is 606. The molecule has 0 bridgehead atoms. The molecule has 2 aliphatic rings. The van der Waals surface area contributed by atoms with Gasteiger partial charge in [0.1, 0.15) is 6.29 Å². The first-order valence-corrected chi connectivity index (χ1v) is 8.84. The zero-order chi connectivity index (χ0) is 16.9. The van der Waals surface area contributed by atoms with E-state index >= 15 is 0 Å². The van der Waals surface area contributed by atoms with Crippen LogP contribution in [0.1, 0.15) is 66.2 Å². The Labute approximate surface area is 141 Å². The SMILES string of the molecule is CC1=C(/C=C/C(C)=C/C=C/C2=C(C=O)CCC2)C(C)(C)CCC1. The molecule has 0 spiro atoms. The molecule has 0 fully saturated rings. The van der Waals surface area contributed by atoms with Crippen LogP contribution in [0.15, 0.2) is 58.2 Å². The van der Waals surface area contributed by atoms with E-state index in [0.29, 0.717) is 5.41 Å². The number of aldehydes is 1. The zero-order valence-corrected chi connectivity index (χ0v) is 15.1. The summed E-state index contributed by atoms with van der Waals surface area (Å²) in [4.78, 5) is 11.0. The Morgan fingerprint density at radius 2 is 1.78 bits per heavy atom. The van der Waals surface area contributed by atoms with Crippen molar-refractivity contribution in [3.05, 3.63) is 58.2 Å². The fourth-order valence-corrected chi connectivity index (χ4v) is 3.71. The highest BCUT2D eigenvalue weighted by Crippen LogP contribution is 2.40. The molecule has 0 aromatic heterocycles. The van der Waals surface area contributed by atoms with Gasteiger partial charge in [-0.1, -0.05) is 55.4 Å². The van der Waals surface area contributed by atoms with Gasteiger partial charge in [0.15, 0.2) is 0 Å². The second-order valence-corrected chi connectivity index (χ2v) is 7.56. The first-order chi connectivity index (χ1) is 10.9. The van der Waals surface area contributed by atoms with Crippen LogP contribution in [0.4, 0.5) is 0 Å². The van der Waals surface area contributed by atoms with E-state index in [0.717, 1.165) is 31.1 Å². The fraction of sp³-hybridized carbons (Fsp3) is 0.500. The van der Waals surface area contributed by atoms with Gasteiger partial charge in [-0.05, 0) is 74.5 Å². The Kier molecular flexibility index (Phi) is 5.98. The maximum absolute atomic E-state index is 11.0. The second-order valence-electron chi connectivity index (χ2n) is 7.56. The number of carbonyl (C=O) groups is 1. The Hall–Kier alpha value is -1.63. The van der Waals surface area contributed by atoms with Crippen LogP contribution in [0.5, 0.6) is 0 Å². The normalized spacial score (nSPS) is 22.7. The summed E-state index contributed by atoms with van der Waals surface area (Å²) in [5.41, 5.74) is 6.76. The third-order valence-electron chi connectivity index (χ3n) is 5.16. The van der Waals surface area contributed by atoms with Gasteiger partial charge in [-0.3, -0.25) is 4.79 Å². The summed E-state index contributed by atoms with van der Waals surface area (Å²) in [7, 11) is 0. The molecule has 0 aliphatic heterocycles. The minimum absolute atomic E-state index is 0.294. The largest absolute Gasteiger partial charge is 0.298 e. The van der Waals surface area contributed by atoms with Gasteiger partial charge in [0.2, 0.25) is 0 Å². The van der Waals surface area contributed by atoms with Crippen molar-refractivity contribution in [1.29, 1.82) is 0 Å². The van der Waals surface area contributed by atoms with E-state index in [2.05, 4.69) is 58.1 Å². The van der Waals surface area contributed by atoms with E-state index in [-0.39, 0.29) is 0 Å². The van der Waals surface area contributed by atoms with Gasteiger partial charge in [-0.25, -0.2) is 0 Å². The van der Waals surface area contributed by atoms with Crippen molar-refractivity contribution >= 4 is 6.29 Å². The van der Waals surface area contributed by atoms with Gasteiger partial charge in [-0.2, -0.15) is 0 Å². The molecule has 0 saturated carbocycles. The van der Waals surface area contributed by atoms with Crippen LogP contribution < -0.4 is 0 Å². The summed E-state index contributed by atoms with van der Waals surface area (Å²) in [6.07, 6.45) is 18.8. The van der Waals surface area contributed by atoms with Crippen LogP contribution in [-0.4, -0.2) is 6.29 Å². The lowest BCUT2D eigenvalue weighted by molar-refractivity contribution is -0.105. The lowest BCUT2D eigenvalue weighted by Crippen LogP contribution is -2.19. The molecule has 2 rings (SSSR count). The molecule has 0 atom stereocenters. The molecule has 0 aromatic carbocycles. The number of carbonyl (C=O) groups excluding carboxylic acids is 1. The van der Waals surface area contributed by atoms with Gasteiger partial charge in [0.05, 0.1) is 0 Å². The minimum Gasteiger partial charge on any atom is -0.298 e. The molecule has 0 aromatic rings. The molecule has 0 saturated heterocycles. The number of rotatable bonds is 5. The maximum Gasteiger partial charge on any atom is 0.146 e. The summed E-state index contributed by atoms with van der Waals surface area (Å²) in [6.45, 7) is 9.10. The molecule has 0 unspecified atom stereocenters. The first kappa shape index (κ1) is 17.7. The van der Waals surface area contributed by atoms with Crippen LogP contribution in [-0.2, 0) is 4.79 Å². The van der Waals surface area contributed by atoms with Crippen LogP contribution in [0.2, 0.25) is 0 Å². The molecular formula is C22H30O. The average Bonchev–Trinajstić information content (AvgIpc) is 2.93. The van der Waals surface area contributed by atoms with E-state index < -0.39 is 0 Å². The number of allylic oxidation sites excluding steroid dienone is 10. The van der Waals surface area contributed by atoms with Crippen LogP contribution in [0, 0.1) is 5.41 Å². The van der Waals surface area contributed by atoms with Gasteiger partial charge in [-0.15, -0.1) is 0 Å². The number of hydrogen-bond donors (Lipinski definition) is 0. The Morgan fingerprint density at radius 3 is 2.48 bits per heavy atom. The minimum atomic E-state index is 0.294. The molecule has 0 amide bonds. The van der Waals surface area contributed by atoms with Gasteiger partial charge < -0.3 is 0 Å². The van der Waals surface area contributed by atoms with Crippen molar-refractivity contribution in [3.63, 3.8) is 0 Å². The molecule has 0 heterocycles. The average molecular weight is 310 g/mol. The molecule has 1 heteroatoms. The van der Waals surface area contributed by atoms with E-state index in [4.69, 9.17) is 0 Å². The van der Waals surface area contributed by atoms with Crippen molar-refractivity contribution < 1.29 is 4.79 Å². The maximum atomic E-state index is 11.0. The van der Waals surface area contributed by atoms with Gasteiger partial charge in [0, 0.05) is 0 Å². The zero-order valence-electron chi connectivity index (χ0n) is 15.1. The van der Waals surface area contributed by atoms with Crippen LogP contribution in [0.25, 0.3) is 0 Å². The predicted molar refractivity (Wildman–Crippen MR) is 99.3 cm³/mol. The smallest absolute Gasteiger partial charge is 0.146 e. The summed E-state index contributed by atoms with van der Waals surface area (Å²) in [5, 5.41) is 0. The highest BCUT2D eigenvalue weighted by atomic mass is 16.1. The van der Waals surface area contributed by atoms with Crippen molar-refractivity contribution in [2.45, 2.75) is 66.2 Å². The van der Waals surface area contributed by atoms with E-state index in [1.165, 1.54) is 41.6 Å². The highest BCUT2D eigenvalue weighted by Gasteiger charge is 2.26. The second kappa shape index (κ2) is 7.77. The first-order valence-electron chi connectivity index (χ1n) is 8.84. The molecule has 124 valence electrons. The summed E-state index contributed by atoms with van der Waals surface area (Å²) < 4.78 is 0. The topological polar surface area (TPSA) is 17.1 Å². The monoisotopic (exact) mass is 310 g/mol. The molecule has 0 N–H and O–H groups in total. The quantitative estimate of drug-likeness (QED) is 0.433. The fourth-order valence-electron chi connectivity index (χ4n) is 3.71. The van der Waals surface area contributed by atoms with E-state index in [9.17, 15) is 4.79 Å². The van der Waals surface area contributed by atoms with Crippen molar-refractivity contribution in [2.24, 2.45) is 5.41 Å². The van der Waals surface area contributed by atoms with Crippen molar-refractivity contribution in [2.75, 3.05) is 0 Å². The molecule has 2 aliphatic carbocycles. The Balaban J connectivity index is 2.06.